The minimum atomic E-state index is 0.706. The van der Waals surface area contributed by atoms with Crippen molar-refractivity contribution in [2.24, 2.45) is 0 Å². The minimum Gasteiger partial charge on any atom is -0.467 e. The molecule has 1 aliphatic rings. The summed E-state index contributed by atoms with van der Waals surface area (Å²) >= 11 is 5.72. The molecule has 2 N–H and O–H groups in total. The molecule has 2 heterocycles. The summed E-state index contributed by atoms with van der Waals surface area (Å²) in [5.41, 5.74) is 2.28. The fourth-order valence-electron chi connectivity index (χ4n) is 3.45. The van der Waals surface area contributed by atoms with Gasteiger partial charge in [-0.2, -0.15) is 0 Å². The lowest BCUT2D eigenvalue weighted by Crippen LogP contribution is -3.12. The van der Waals surface area contributed by atoms with Crippen LogP contribution < -0.4 is 10.2 Å². The van der Waals surface area contributed by atoms with E-state index in [0.29, 0.717) is 6.54 Å². The van der Waals surface area contributed by atoms with Crippen LogP contribution in [0.4, 0.5) is 5.69 Å². The summed E-state index contributed by atoms with van der Waals surface area (Å²) in [6.07, 6.45) is 7.18. The fourth-order valence-corrected chi connectivity index (χ4v) is 3.73. The van der Waals surface area contributed by atoms with E-state index in [4.69, 9.17) is 16.6 Å². The van der Waals surface area contributed by atoms with Crippen molar-refractivity contribution in [1.29, 1.82) is 0 Å². The zero-order valence-corrected chi connectivity index (χ0v) is 16.5. The lowest BCUT2D eigenvalue weighted by atomic mass is 10.2. The molecule has 5 heteroatoms. The number of hydrogen-bond acceptors (Lipinski definition) is 2. The summed E-state index contributed by atoms with van der Waals surface area (Å²) in [6, 6.07) is 12.3. The van der Waals surface area contributed by atoms with Crippen LogP contribution in [0.15, 0.2) is 47.1 Å². The first kappa shape index (κ1) is 18.9. The van der Waals surface area contributed by atoms with Crippen LogP contribution in [0, 0.1) is 6.92 Å². The van der Waals surface area contributed by atoms with Gasteiger partial charge in [0.15, 0.2) is 5.11 Å². The topological polar surface area (TPSA) is 32.9 Å². The van der Waals surface area contributed by atoms with E-state index in [1.165, 1.54) is 44.3 Å². The third-order valence-corrected chi connectivity index (χ3v) is 5.42. The van der Waals surface area contributed by atoms with Gasteiger partial charge in [-0.05, 0) is 69.1 Å². The average Bonchev–Trinajstić information content (AvgIpc) is 3.02. The summed E-state index contributed by atoms with van der Waals surface area (Å²) in [5.74, 6) is 0.948. The van der Waals surface area contributed by atoms with Crippen molar-refractivity contribution >= 4 is 23.0 Å². The van der Waals surface area contributed by atoms with Crippen molar-refractivity contribution in [3.8, 4) is 0 Å². The summed E-state index contributed by atoms with van der Waals surface area (Å²) in [5, 5.41) is 4.15. The van der Waals surface area contributed by atoms with E-state index >= 15 is 0 Å². The predicted octanol–water partition coefficient (Wildman–Crippen LogP) is 3.25. The number of hydrogen-bond donors (Lipinski definition) is 2. The number of quaternary nitrogens is 1. The van der Waals surface area contributed by atoms with Crippen LogP contribution in [0.2, 0.25) is 0 Å². The van der Waals surface area contributed by atoms with Crippen molar-refractivity contribution in [2.75, 3.05) is 31.5 Å². The van der Waals surface area contributed by atoms with Crippen molar-refractivity contribution in [3.63, 3.8) is 0 Å². The van der Waals surface area contributed by atoms with Gasteiger partial charge in [-0.25, -0.2) is 0 Å². The smallest absolute Gasteiger partial charge is 0.174 e. The Balaban J connectivity index is 1.61. The lowest BCUT2D eigenvalue weighted by molar-refractivity contribution is -0.898. The molecule has 0 bridgehead atoms. The second kappa shape index (κ2) is 9.74. The van der Waals surface area contributed by atoms with E-state index < -0.39 is 0 Å². The zero-order valence-electron chi connectivity index (χ0n) is 15.7. The van der Waals surface area contributed by atoms with E-state index in [1.807, 2.05) is 12.1 Å². The van der Waals surface area contributed by atoms with Gasteiger partial charge in [-0.15, -0.1) is 0 Å². The molecule has 3 rings (SSSR count). The van der Waals surface area contributed by atoms with Gasteiger partial charge in [0.1, 0.15) is 5.76 Å². The van der Waals surface area contributed by atoms with Gasteiger partial charge in [0.25, 0.3) is 0 Å². The van der Waals surface area contributed by atoms with Crippen LogP contribution in [0.3, 0.4) is 0 Å². The number of furan rings is 1. The van der Waals surface area contributed by atoms with E-state index in [-0.39, 0.29) is 0 Å². The molecule has 1 aromatic heterocycles. The Morgan fingerprint density at radius 2 is 1.85 bits per heavy atom. The van der Waals surface area contributed by atoms with E-state index in [9.17, 15) is 0 Å². The number of rotatable bonds is 6. The van der Waals surface area contributed by atoms with E-state index in [2.05, 4.69) is 41.4 Å². The summed E-state index contributed by atoms with van der Waals surface area (Å²) in [4.78, 5) is 3.93. The van der Waals surface area contributed by atoms with Crippen molar-refractivity contribution in [3.05, 3.63) is 54.0 Å². The largest absolute Gasteiger partial charge is 0.467 e. The molecule has 1 aromatic carbocycles. The van der Waals surface area contributed by atoms with Crippen molar-refractivity contribution < 1.29 is 9.32 Å². The molecule has 1 fully saturated rings. The first-order valence-electron chi connectivity index (χ1n) is 9.69. The maximum absolute atomic E-state index is 5.72. The molecule has 140 valence electrons. The summed E-state index contributed by atoms with van der Waals surface area (Å²) in [7, 11) is 0. The Hall–Kier alpha value is -1.85. The maximum atomic E-state index is 5.72. The van der Waals surface area contributed by atoms with E-state index in [0.717, 1.165) is 29.6 Å². The molecular formula is C21H30N3OS+. The van der Waals surface area contributed by atoms with Gasteiger partial charge in [0.2, 0.25) is 0 Å². The standard InChI is InChI=1S/C21H29N3OS/c1-18-8-10-19(11-9-18)22-21(26)24(17-20-7-6-16-25-20)15-14-23-12-4-2-3-5-13-23/h6-11,16H,2-5,12-15,17H2,1H3,(H,22,26)/p+1. The van der Waals surface area contributed by atoms with Gasteiger partial charge in [-0.1, -0.05) is 17.7 Å². The molecule has 1 aliphatic heterocycles. The number of benzene rings is 1. The molecule has 26 heavy (non-hydrogen) atoms. The zero-order chi connectivity index (χ0) is 18.2. The number of likely N-dealkylation sites (tertiary alicyclic amines) is 1. The minimum absolute atomic E-state index is 0.706. The second-order valence-electron chi connectivity index (χ2n) is 7.21. The normalized spacial score (nSPS) is 15.4. The number of nitrogens with zero attached hydrogens (tertiary/aromatic N) is 1. The van der Waals surface area contributed by atoms with Crippen LogP contribution in [0.1, 0.15) is 37.0 Å². The Labute approximate surface area is 162 Å². The molecular weight excluding hydrogens is 342 g/mol. The third kappa shape index (κ3) is 5.85. The molecule has 0 aliphatic carbocycles. The molecule has 4 nitrogen and oxygen atoms in total. The Kier molecular flexibility index (Phi) is 7.09. The molecule has 0 atom stereocenters. The first-order valence-corrected chi connectivity index (χ1v) is 10.1. The predicted molar refractivity (Wildman–Crippen MR) is 111 cm³/mol. The molecule has 2 aromatic rings. The number of anilines is 1. The SMILES string of the molecule is Cc1ccc(NC(=S)N(CC[NH+]2CCCCCC2)Cc2ccco2)cc1. The lowest BCUT2D eigenvalue weighted by Gasteiger charge is -2.27. The first-order chi connectivity index (χ1) is 12.7. The van der Waals surface area contributed by atoms with Crippen LogP contribution in [0.25, 0.3) is 0 Å². The van der Waals surface area contributed by atoms with Crippen LogP contribution >= 0.6 is 12.2 Å². The summed E-state index contributed by atoms with van der Waals surface area (Å²) in [6.45, 7) is 7.43. The van der Waals surface area contributed by atoms with Crippen LogP contribution in [0.5, 0.6) is 0 Å². The number of aryl methyl sites for hydroxylation is 1. The number of nitrogens with one attached hydrogen (secondary N) is 2. The van der Waals surface area contributed by atoms with Crippen molar-refractivity contribution in [2.45, 2.75) is 39.2 Å². The Morgan fingerprint density at radius 1 is 1.12 bits per heavy atom. The molecule has 0 saturated carbocycles. The van der Waals surface area contributed by atoms with Gasteiger partial charge >= 0.3 is 0 Å². The maximum Gasteiger partial charge on any atom is 0.174 e. The monoisotopic (exact) mass is 372 g/mol. The molecule has 0 radical (unpaired) electrons. The molecule has 0 spiro atoms. The summed E-state index contributed by atoms with van der Waals surface area (Å²) < 4.78 is 5.56. The second-order valence-corrected chi connectivity index (χ2v) is 7.60. The number of thiocarbonyl (C=S) groups is 1. The van der Waals surface area contributed by atoms with Gasteiger partial charge < -0.3 is 19.5 Å². The van der Waals surface area contributed by atoms with Crippen LogP contribution in [-0.2, 0) is 6.54 Å². The molecule has 0 unspecified atom stereocenters. The highest BCUT2D eigenvalue weighted by Crippen LogP contribution is 2.12. The Morgan fingerprint density at radius 3 is 2.50 bits per heavy atom. The molecule has 0 amide bonds. The van der Waals surface area contributed by atoms with E-state index in [1.54, 1.807) is 11.2 Å². The highest BCUT2D eigenvalue weighted by Gasteiger charge is 2.17. The van der Waals surface area contributed by atoms with Gasteiger partial charge in [0.05, 0.1) is 39.0 Å². The highest BCUT2D eigenvalue weighted by molar-refractivity contribution is 7.80. The van der Waals surface area contributed by atoms with Gasteiger partial charge in [-0.3, -0.25) is 0 Å². The molecule has 1 saturated heterocycles. The Bertz CT molecular complexity index is 661. The van der Waals surface area contributed by atoms with Crippen LogP contribution in [-0.4, -0.2) is 36.2 Å². The third-order valence-electron chi connectivity index (χ3n) is 5.06. The quantitative estimate of drug-likeness (QED) is 0.763. The average molecular weight is 373 g/mol. The fraction of sp³-hybridized carbons (Fsp3) is 0.476. The highest BCUT2D eigenvalue weighted by atomic mass is 32.1. The van der Waals surface area contributed by atoms with Gasteiger partial charge in [0, 0.05) is 5.69 Å². The van der Waals surface area contributed by atoms with Crippen molar-refractivity contribution in [1.82, 2.24) is 4.90 Å².